The maximum atomic E-state index is 9.62. The summed E-state index contributed by atoms with van der Waals surface area (Å²) < 4.78 is 2.08. The minimum atomic E-state index is -1.34. The molecule has 0 fully saturated rings. The van der Waals surface area contributed by atoms with Crippen molar-refractivity contribution in [2.75, 3.05) is 0 Å². The molecule has 0 aliphatic rings. The largest absolute Gasteiger partial charge is 0.742 e. The van der Waals surface area contributed by atoms with E-state index in [9.17, 15) is 4.79 Å². The zero-order valence-corrected chi connectivity index (χ0v) is 10.9. The first-order chi connectivity index (χ1) is 4.18. The summed E-state index contributed by atoms with van der Waals surface area (Å²) in [4.78, 5) is 18.1. The van der Waals surface area contributed by atoms with Gasteiger partial charge in [-0.2, -0.15) is 5.75 Å². The molecule has 0 amide bonds. The van der Waals surface area contributed by atoms with E-state index < -0.39 is 19.5 Å². The van der Waals surface area contributed by atoms with Gasteiger partial charge in [-0.05, 0) is 0 Å². The molecule has 0 bridgehead atoms. The van der Waals surface area contributed by atoms with Gasteiger partial charge in [-0.1, -0.05) is 11.6 Å². The van der Waals surface area contributed by atoms with Crippen LogP contribution < -0.4 is 0 Å². The van der Waals surface area contributed by atoms with Gasteiger partial charge in [0.1, 0.15) is 0 Å². The first kappa shape index (κ1) is 17.2. The molecule has 0 saturated carbocycles. The molecule has 0 saturated heterocycles. The van der Waals surface area contributed by atoms with Crippen molar-refractivity contribution < 1.29 is 38.8 Å². The summed E-state index contributed by atoms with van der Waals surface area (Å²) >= 11 is 7.60. The molecule has 8 heteroatoms. The fraction of sp³-hybridized carbons (Fsp3) is 0. The fourth-order valence-electron chi connectivity index (χ4n) is 0.0556. The molecule has 56 valence electrons. The zero-order chi connectivity index (χ0) is 7.70. The van der Waals surface area contributed by atoms with Gasteiger partial charge in [-0.3, -0.25) is 0 Å². The van der Waals surface area contributed by atoms with Gasteiger partial charge in [0, 0.05) is 29.2 Å². The molecule has 0 aliphatic heterocycles. The van der Waals surface area contributed by atoms with Crippen molar-refractivity contribution in [2.24, 2.45) is 4.10 Å². The van der Waals surface area contributed by atoms with Crippen LogP contribution in [0.5, 0.6) is 0 Å². The number of rotatable bonds is 2. The monoisotopic (exact) mass is 420 g/mol. The van der Waals surface area contributed by atoms with Crippen LogP contribution >= 0.6 is 23.2 Å². The number of carbonyl (C=O) groups excluding carboxylic acids is 2. The van der Waals surface area contributed by atoms with Gasteiger partial charge < -0.3 is 30.8 Å². The number of nitrogens with zero attached hydrogens (tertiary/aromatic N) is 2. The molecule has 0 heterocycles. The number of halogens is 2. The van der Waals surface area contributed by atoms with E-state index in [4.69, 9.17) is 21.9 Å². The third kappa shape index (κ3) is 35.8. The van der Waals surface area contributed by atoms with E-state index in [1.165, 1.54) is 0 Å². The molecule has 0 aromatic carbocycles. The average Bonchev–Trinajstić information content (AvgIpc) is 1.67. The average molecular weight is 427 g/mol. The van der Waals surface area contributed by atoms with Gasteiger partial charge in [0.15, 0.2) is 4.10 Å². The Hall–Kier alpha value is 1.04. The maximum absolute atomic E-state index is 9.62. The summed E-state index contributed by atoms with van der Waals surface area (Å²) in [6.07, 6.45) is 0. The first-order valence-electron chi connectivity index (χ1n) is 1.66. The predicted molar refractivity (Wildman–Crippen MR) is 35.7 cm³/mol. The van der Waals surface area contributed by atoms with Gasteiger partial charge in [-0.15, -0.1) is 0 Å². The molecule has 0 aromatic rings. The number of hydrogen-bond acceptors (Lipinski definition) is 3. The third-order valence-corrected chi connectivity index (χ3v) is 0.944. The Morgan fingerprint density at radius 3 is 2.00 bits per heavy atom. The molecule has 0 rings (SSSR count). The molecule has 0 aliphatic carbocycles. The molecule has 0 aromatic heterocycles. The minimum absolute atomic E-state index is 0. The smallest absolute Gasteiger partial charge is 0.507 e. The second-order valence-electron chi connectivity index (χ2n) is 0.732. The Balaban J connectivity index is -0.000000107. The summed E-state index contributed by atoms with van der Waals surface area (Å²) in [6, 6.07) is 0. The van der Waals surface area contributed by atoms with Crippen LogP contribution in [0.2, 0.25) is 0 Å². The van der Waals surface area contributed by atoms with Crippen molar-refractivity contribution in [2.45, 2.75) is 0 Å². The Bertz CT molecular complexity index is 113. The van der Waals surface area contributed by atoms with Crippen LogP contribution in [0.4, 0.5) is 4.79 Å². The van der Waals surface area contributed by atoms with Gasteiger partial charge in [-0.25, -0.2) is 0 Å². The Morgan fingerprint density at radius 1 is 1.70 bits per heavy atom. The van der Waals surface area contributed by atoms with Crippen LogP contribution in [-0.4, -0.2) is 25.3 Å². The summed E-state index contributed by atoms with van der Waals surface area (Å²) in [5.41, 5.74) is 7.62. The Morgan fingerprint density at radius 2 is 2.00 bits per heavy atom. The van der Waals surface area contributed by atoms with Gasteiger partial charge in [0.05, 0.1) is 0 Å². The van der Waals surface area contributed by atoms with E-state index in [2.05, 4.69) is 15.7 Å². The zero-order valence-electron chi connectivity index (χ0n) is 4.58. The molecule has 10 heavy (non-hydrogen) atoms. The predicted octanol–water partition coefficient (Wildman–Crippen LogP) is 1.01. The van der Waals surface area contributed by atoms with Crippen molar-refractivity contribution in [1.29, 1.82) is 0 Å². The Kier molecular flexibility index (Phi) is 28.5. The van der Waals surface area contributed by atoms with Gasteiger partial charge in [0.2, 0.25) is 0 Å². The van der Waals surface area contributed by atoms with Crippen molar-refractivity contribution in [3.8, 4) is 0 Å². The van der Waals surface area contributed by atoms with E-state index in [0.717, 1.165) is 5.75 Å². The van der Waals surface area contributed by atoms with Gasteiger partial charge in [0.25, 0.3) is 0 Å². The molecular formula is C2HAlCl2N2O2Pu-2. The van der Waals surface area contributed by atoms with Crippen molar-refractivity contribution in [3.63, 3.8) is 0 Å². The molecular weight excluding hydrogens is 426 g/mol. The molecule has 0 atom stereocenters. The SMILES string of the molecule is O=[C-]Cl.[N-]=[N][AlH][C](=O)Cl.[Pu]. The minimum Gasteiger partial charge on any atom is -0.742 e. The second kappa shape index (κ2) is 16.6. The first-order valence-corrected chi connectivity index (χ1v) is 3.75. The summed E-state index contributed by atoms with van der Waals surface area (Å²) in [7, 11) is 0. The van der Waals surface area contributed by atoms with Crippen LogP contribution in [0, 0.1) is 29.2 Å². The normalized spacial score (nSPS) is 5.40. The fourth-order valence-corrected chi connectivity index (χ4v) is 0.327. The second-order valence-corrected chi connectivity index (χ2v) is 3.00. The van der Waals surface area contributed by atoms with Crippen LogP contribution in [0.15, 0.2) is 4.10 Å². The Labute approximate surface area is 96.0 Å². The quantitative estimate of drug-likeness (QED) is 0.286. The molecule has 4 nitrogen and oxygen atoms in total. The molecule has 0 radical (unpaired) electrons. The van der Waals surface area contributed by atoms with Crippen molar-refractivity contribution >= 4 is 48.5 Å². The van der Waals surface area contributed by atoms with Crippen molar-refractivity contribution in [1.82, 2.24) is 0 Å². The summed E-state index contributed by atoms with van der Waals surface area (Å²) in [6.45, 7) is 0. The number of carbonyl (C=O) groups is 1. The third-order valence-electron chi connectivity index (χ3n) is 0.195. The van der Waals surface area contributed by atoms with E-state index >= 15 is 0 Å². The summed E-state index contributed by atoms with van der Waals surface area (Å²) in [5, 5.41) is 0. The van der Waals surface area contributed by atoms with Crippen LogP contribution in [0.3, 0.4) is 0 Å². The summed E-state index contributed by atoms with van der Waals surface area (Å²) in [5.74, 6) is 0.972. The molecule has 0 spiro atoms. The van der Waals surface area contributed by atoms with Gasteiger partial charge >= 0.3 is 15.4 Å². The number of hydrogen-bond donors (Lipinski definition) is 0. The van der Waals surface area contributed by atoms with Crippen LogP contribution in [-0.2, 0) is 4.79 Å². The molecule has 0 unspecified atom stereocenters. The topological polar surface area (TPSA) is 68.8 Å². The van der Waals surface area contributed by atoms with Crippen LogP contribution in [0.1, 0.15) is 0 Å². The van der Waals surface area contributed by atoms with E-state index in [-0.39, 0.29) is 29.2 Å². The van der Waals surface area contributed by atoms with Crippen molar-refractivity contribution in [3.05, 3.63) is 5.53 Å². The van der Waals surface area contributed by atoms with Crippen LogP contribution in [0.25, 0.3) is 5.53 Å². The van der Waals surface area contributed by atoms with E-state index in [0.29, 0.717) is 0 Å². The molecule has 0 N–H and O–H groups in total. The van der Waals surface area contributed by atoms with E-state index in [1.54, 1.807) is 0 Å². The van der Waals surface area contributed by atoms with E-state index in [1.807, 2.05) is 0 Å². The standard InChI is InChI=1S/2CClO.Al.N2.Pu.H/c2*2-1-3;;1-2;;/q;-1;+1;-2;;. The maximum Gasteiger partial charge on any atom is 0.507 e.